The van der Waals surface area contributed by atoms with Crippen molar-refractivity contribution in [3.05, 3.63) is 35.4 Å². The number of hydrogen-bond acceptors (Lipinski definition) is 2. The van der Waals surface area contributed by atoms with E-state index < -0.39 is 0 Å². The van der Waals surface area contributed by atoms with Gasteiger partial charge in [-0.15, -0.1) is 0 Å². The van der Waals surface area contributed by atoms with E-state index in [-0.39, 0.29) is 6.04 Å². The predicted octanol–water partition coefficient (Wildman–Crippen LogP) is 1.52. The highest BCUT2D eigenvalue weighted by Gasteiger charge is 2.20. The Morgan fingerprint density at radius 3 is 3.00 bits per heavy atom. The van der Waals surface area contributed by atoms with E-state index in [1.165, 1.54) is 11.1 Å². The smallest absolute Gasteiger partial charge is 0.0427 e. The molecule has 0 spiro atoms. The highest BCUT2D eigenvalue weighted by Crippen LogP contribution is 2.23. The number of hydrogen-bond donors (Lipinski definition) is 1. The van der Waals surface area contributed by atoms with Crippen LogP contribution in [0.2, 0.25) is 0 Å². The molecule has 0 aromatic heterocycles. The minimum absolute atomic E-state index is 0.199. The highest BCUT2D eigenvalue weighted by molar-refractivity contribution is 5.31. The molecular weight excluding hydrogens is 160 g/mol. The van der Waals surface area contributed by atoms with E-state index >= 15 is 0 Å². The molecule has 1 aromatic rings. The molecule has 0 fully saturated rings. The van der Waals surface area contributed by atoms with Crippen LogP contribution in [0.1, 0.15) is 24.1 Å². The maximum Gasteiger partial charge on any atom is 0.0427 e. The zero-order valence-electron chi connectivity index (χ0n) is 8.03. The van der Waals surface area contributed by atoms with E-state index in [9.17, 15) is 0 Å². The van der Waals surface area contributed by atoms with Gasteiger partial charge < -0.3 is 5.73 Å². The van der Waals surface area contributed by atoms with Crippen LogP contribution in [0.4, 0.5) is 0 Å². The molecule has 0 saturated heterocycles. The monoisotopic (exact) mass is 176 g/mol. The first-order chi connectivity index (χ1) is 6.31. The van der Waals surface area contributed by atoms with Gasteiger partial charge in [-0.25, -0.2) is 0 Å². The van der Waals surface area contributed by atoms with Crippen LogP contribution in [0.25, 0.3) is 0 Å². The molecule has 1 aliphatic heterocycles. The second kappa shape index (κ2) is 3.48. The van der Waals surface area contributed by atoms with Gasteiger partial charge in [0.05, 0.1) is 0 Å². The Morgan fingerprint density at radius 2 is 2.23 bits per heavy atom. The fourth-order valence-electron chi connectivity index (χ4n) is 1.96. The summed E-state index contributed by atoms with van der Waals surface area (Å²) in [6.45, 7) is 5.32. The SMILES string of the molecule is CCN1Cc2ccccc2[C@@H](N)C1. The van der Waals surface area contributed by atoms with Crippen molar-refractivity contribution in [3.8, 4) is 0 Å². The summed E-state index contributed by atoms with van der Waals surface area (Å²) in [5.74, 6) is 0. The first-order valence-electron chi connectivity index (χ1n) is 4.87. The van der Waals surface area contributed by atoms with Crippen LogP contribution in [0.3, 0.4) is 0 Å². The Balaban J connectivity index is 2.31. The maximum atomic E-state index is 6.07. The second-order valence-electron chi connectivity index (χ2n) is 3.63. The average molecular weight is 176 g/mol. The molecule has 1 atom stereocenters. The summed E-state index contributed by atoms with van der Waals surface area (Å²) in [5, 5.41) is 0. The van der Waals surface area contributed by atoms with Crippen molar-refractivity contribution in [1.29, 1.82) is 0 Å². The van der Waals surface area contributed by atoms with E-state index in [1.807, 2.05) is 0 Å². The molecule has 1 aromatic carbocycles. The van der Waals surface area contributed by atoms with Crippen LogP contribution in [0.5, 0.6) is 0 Å². The van der Waals surface area contributed by atoms with Gasteiger partial charge in [-0.1, -0.05) is 31.2 Å². The topological polar surface area (TPSA) is 29.3 Å². The van der Waals surface area contributed by atoms with Crippen LogP contribution >= 0.6 is 0 Å². The molecule has 0 radical (unpaired) electrons. The van der Waals surface area contributed by atoms with E-state index in [1.54, 1.807) is 0 Å². The lowest BCUT2D eigenvalue weighted by atomic mass is 9.96. The Bertz CT molecular complexity index is 296. The molecule has 13 heavy (non-hydrogen) atoms. The van der Waals surface area contributed by atoms with Crippen LogP contribution < -0.4 is 5.73 Å². The zero-order chi connectivity index (χ0) is 9.26. The van der Waals surface area contributed by atoms with Crippen molar-refractivity contribution < 1.29 is 0 Å². The highest BCUT2D eigenvalue weighted by atomic mass is 15.1. The standard InChI is InChI=1S/C11H16N2/c1-2-13-7-9-5-3-4-6-10(9)11(12)8-13/h3-6,11H,2,7-8,12H2,1H3/t11-/m0/s1. The van der Waals surface area contributed by atoms with Gasteiger partial charge in [0.1, 0.15) is 0 Å². The molecule has 0 aliphatic carbocycles. The third-order valence-electron chi connectivity index (χ3n) is 2.75. The number of benzene rings is 1. The van der Waals surface area contributed by atoms with Gasteiger partial charge in [0.15, 0.2) is 0 Å². The summed E-state index contributed by atoms with van der Waals surface area (Å²) < 4.78 is 0. The summed E-state index contributed by atoms with van der Waals surface area (Å²) in [7, 11) is 0. The molecule has 2 heteroatoms. The molecule has 1 aliphatic rings. The number of rotatable bonds is 1. The molecule has 2 rings (SSSR count). The van der Waals surface area contributed by atoms with E-state index in [2.05, 4.69) is 36.1 Å². The molecule has 0 saturated carbocycles. The van der Waals surface area contributed by atoms with Gasteiger partial charge in [-0.2, -0.15) is 0 Å². The third-order valence-corrected chi connectivity index (χ3v) is 2.75. The van der Waals surface area contributed by atoms with Gasteiger partial charge in [0, 0.05) is 19.1 Å². The van der Waals surface area contributed by atoms with Crippen molar-refractivity contribution in [3.63, 3.8) is 0 Å². The fourth-order valence-corrected chi connectivity index (χ4v) is 1.96. The molecule has 70 valence electrons. The summed E-state index contributed by atoms with van der Waals surface area (Å²) >= 11 is 0. The van der Waals surface area contributed by atoms with Gasteiger partial charge in [0.2, 0.25) is 0 Å². The van der Waals surface area contributed by atoms with Gasteiger partial charge >= 0.3 is 0 Å². The fraction of sp³-hybridized carbons (Fsp3) is 0.455. The Kier molecular flexibility index (Phi) is 2.34. The van der Waals surface area contributed by atoms with Crippen molar-refractivity contribution >= 4 is 0 Å². The van der Waals surface area contributed by atoms with Crippen LogP contribution in [-0.4, -0.2) is 18.0 Å². The minimum Gasteiger partial charge on any atom is -0.323 e. The van der Waals surface area contributed by atoms with E-state index in [0.29, 0.717) is 0 Å². The number of nitrogens with zero attached hydrogens (tertiary/aromatic N) is 1. The molecule has 2 nitrogen and oxygen atoms in total. The van der Waals surface area contributed by atoms with E-state index in [0.717, 1.165) is 19.6 Å². The van der Waals surface area contributed by atoms with Crippen molar-refractivity contribution in [2.45, 2.75) is 19.5 Å². The lowest BCUT2D eigenvalue weighted by Crippen LogP contribution is -2.36. The largest absolute Gasteiger partial charge is 0.323 e. The Hall–Kier alpha value is -0.860. The molecule has 1 heterocycles. The molecule has 2 N–H and O–H groups in total. The first kappa shape index (κ1) is 8.73. The number of fused-ring (bicyclic) bond motifs is 1. The van der Waals surface area contributed by atoms with Crippen LogP contribution in [0.15, 0.2) is 24.3 Å². The Labute approximate surface area is 79.4 Å². The lowest BCUT2D eigenvalue weighted by molar-refractivity contribution is 0.243. The average Bonchev–Trinajstić information content (AvgIpc) is 2.18. The normalized spacial score (nSPS) is 22.8. The van der Waals surface area contributed by atoms with E-state index in [4.69, 9.17) is 5.73 Å². The van der Waals surface area contributed by atoms with Crippen LogP contribution in [0, 0.1) is 0 Å². The second-order valence-corrected chi connectivity index (χ2v) is 3.63. The van der Waals surface area contributed by atoms with Gasteiger partial charge in [-0.3, -0.25) is 4.90 Å². The Morgan fingerprint density at radius 1 is 1.46 bits per heavy atom. The molecule has 0 bridgehead atoms. The van der Waals surface area contributed by atoms with Crippen molar-refractivity contribution in [1.82, 2.24) is 4.90 Å². The van der Waals surface area contributed by atoms with Crippen molar-refractivity contribution in [2.75, 3.05) is 13.1 Å². The molecule has 0 amide bonds. The van der Waals surface area contributed by atoms with Crippen LogP contribution in [-0.2, 0) is 6.54 Å². The maximum absolute atomic E-state index is 6.07. The summed E-state index contributed by atoms with van der Waals surface area (Å²) in [6.07, 6.45) is 0. The first-order valence-corrected chi connectivity index (χ1v) is 4.87. The lowest BCUT2D eigenvalue weighted by Gasteiger charge is -2.31. The van der Waals surface area contributed by atoms with Gasteiger partial charge in [0.25, 0.3) is 0 Å². The quantitative estimate of drug-likeness (QED) is 0.703. The predicted molar refractivity (Wildman–Crippen MR) is 54.3 cm³/mol. The third kappa shape index (κ3) is 1.60. The summed E-state index contributed by atoms with van der Waals surface area (Å²) in [6, 6.07) is 8.68. The molecule has 0 unspecified atom stereocenters. The van der Waals surface area contributed by atoms with Crippen molar-refractivity contribution in [2.24, 2.45) is 5.73 Å². The van der Waals surface area contributed by atoms with Gasteiger partial charge in [-0.05, 0) is 17.7 Å². The minimum atomic E-state index is 0.199. The molecular formula is C11H16N2. The zero-order valence-corrected chi connectivity index (χ0v) is 8.03. The number of likely N-dealkylation sites (N-methyl/N-ethyl adjacent to an activating group) is 1. The summed E-state index contributed by atoms with van der Waals surface area (Å²) in [4.78, 5) is 2.38. The summed E-state index contributed by atoms with van der Waals surface area (Å²) in [5.41, 5.74) is 8.79. The number of nitrogens with two attached hydrogens (primary N) is 1.